The third kappa shape index (κ3) is 5.18. The molecule has 0 spiro atoms. The summed E-state index contributed by atoms with van der Waals surface area (Å²) in [6, 6.07) is 6.76. The lowest BCUT2D eigenvalue weighted by molar-refractivity contribution is -0.153. The minimum atomic E-state index is -0.712. The Morgan fingerprint density at radius 2 is 2.00 bits per heavy atom. The highest BCUT2D eigenvalue weighted by molar-refractivity contribution is 6.30. The Bertz CT molecular complexity index is 446. The van der Waals surface area contributed by atoms with Crippen LogP contribution in [0.3, 0.4) is 0 Å². The molecule has 19 heavy (non-hydrogen) atoms. The molecular formula is C13H15ClO5. The largest absolute Gasteiger partial charge is 0.493 e. The summed E-state index contributed by atoms with van der Waals surface area (Å²) in [5, 5.41) is 0.528. The second kappa shape index (κ2) is 7.63. The van der Waals surface area contributed by atoms with Crippen LogP contribution in [0.2, 0.25) is 5.02 Å². The number of hydrogen-bond acceptors (Lipinski definition) is 5. The molecule has 6 heteroatoms. The summed E-state index contributed by atoms with van der Waals surface area (Å²) >= 11 is 5.81. The minimum absolute atomic E-state index is 0.0160. The van der Waals surface area contributed by atoms with Crippen LogP contribution in [-0.4, -0.2) is 32.8 Å². The highest BCUT2D eigenvalue weighted by Crippen LogP contribution is 2.18. The molecule has 0 aliphatic heterocycles. The lowest BCUT2D eigenvalue weighted by Gasteiger charge is -2.14. The molecular weight excluding hydrogens is 272 g/mol. The van der Waals surface area contributed by atoms with Gasteiger partial charge in [-0.25, -0.2) is 0 Å². The number of benzene rings is 1. The molecule has 0 saturated carbocycles. The van der Waals surface area contributed by atoms with E-state index in [9.17, 15) is 9.59 Å². The Morgan fingerprint density at radius 3 is 2.58 bits per heavy atom. The quantitative estimate of drug-likeness (QED) is 0.749. The topological polar surface area (TPSA) is 61.8 Å². The van der Waals surface area contributed by atoms with Gasteiger partial charge in [-0.1, -0.05) is 17.7 Å². The number of rotatable bonds is 6. The zero-order chi connectivity index (χ0) is 14.3. The van der Waals surface area contributed by atoms with Crippen LogP contribution in [0.15, 0.2) is 24.3 Å². The number of carbonyl (C=O) groups is 2. The molecule has 0 aromatic heterocycles. The molecule has 0 fully saturated rings. The van der Waals surface area contributed by atoms with Crippen LogP contribution in [0.4, 0.5) is 0 Å². The molecule has 0 N–H and O–H groups in total. The second-order valence-electron chi connectivity index (χ2n) is 3.77. The van der Waals surface area contributed by atoms with Gasteiger partial charge in [0.1, 0.15) is 18.3 Å². The molecule has 0 aliphatic carbocycles. The van der Waals surface area contributed by atoms with E-state index in [2.05, 4.69) is 9.47 Å². The molecule has 104 valence electrons. The smallest absolute Gasteiger partial charge is 0.312 e. The van der Waals surface area contributed by atoms with Gasteiger partial charge in [-0.2, -0.15) is 0 Å². The third-order valence-corrected chi connectivity index (χ3v) is 2.66. The first-order valence-electron chi connectivity index (χ1n) is 5.59. The first kappa shape index (κ1) is 15.3. The van der Waals surface area contributed by atoms with Crippen molar-refractivity contribution in [3.63, 3.8) is 0 Å². The molecule has 1 aromatic carbocycles. The third-order valence-electron chi connectivity index (χ3n) is 2.42. The summed E-state index contributed by atoms with van der Waals surface area (Å²) in [4.78, 5) is 22.7. The van der Waals surface area contributed by atoms with E-state index in [4.69, 9.17) is 16.3 Å². The fourth-order valence-electron chi connectivity index (χ4n) is 1.42. The van der Waals surface area contributed by atoms with Crippen molar-refractivity contribution < 1.29 is 23.8 Å². The highest BCUT2D eigenvalue weighted by atomic mass is 35.5. The SMILES string of the molecule is COC(=O)C[C@@H](COc1cccc(Cl)c1)C(=O)OC. The summed E-state index contributed by atoms with van der Waals surface area (Å²) in [5.41, 5.74) is 0. The van der Waals surface area contributed by atoms with Crippen LogP contribution < -0.4 is 4.74 Å². The maximum Gasteiger partial charge on any atom is 0.312 e. The van der Waals surface area contributed by atoms with Gasteiger partial charge in [0.25, 0.3) is 0 Å². The van der Waals surface area contributed by atoms with Crippen LogP contribution in [-0.2, 0) is 19.1 Å². The Labute approximate surface area is 116 Å². The number of ether oxygens (including phenoxy) is 3. The average molecular weight is 287 g/mol. The molecule has 0 heterocycles. The number of halogens is 1. The fourth-order valence-corrected chi connectivity index (χ4v) is 1.60. The van der Waals surface area contributed by atoms with Gasteiger partial charge >= 0.3 is 11.9 Å². The van der Waals surface area contributed by atoms with Crippen molar-refractivity contribution >= 4 is 23.5 Å². The van der Waals surface area contributed by atoms with E-state index in [-0.39, 0.29) is 13.0 Å². The molecule has 0 saturated heterocycles. The predicted octanol–water partition coefficient (Wildman–Crippen LogP) is 2.07. The summed E-state index contributed by atoms with van der Waals surface area (Å²) in [7, 11) is 2.51. The van der Waals surface area contributed by atoms with Crippen molar-refractivity contribution in [2.75, 3.05) is 20.8 Å². The van der Waals surface area contributed by atoms with E-state index >= 15 is 0 Å². The van der Waals surface area contributed by atoms with E-state index < -0.39 is 17.9 Å². The Hall–Kier alpha value is -1.75. The van der Waals surface area contributed by atoms with Gasteiger partial charge in [-0.3, -0.25) is 9.59 Å². The molecule has 0 amide bonds. The van der Waals surface area contributed by atoms with Crippen molar-refractivity contribution in [1.82, 2.24) is 0 Å². The molecule has 0 aliphatic rings. The molecule has 0 bridgehead atoms. The zero-order valence-corrected chi connectivity index (χ0v) is 11.5. The van der Waals surface area contributed by atoms with Gasteiger partial charge in [0.15, 0.2) is 0 Å². The summed E-state index contributed by atoms with van der Waals surface area (Å²) in [6.45, 7) is 0.0160. The first-order chi connectivity index (χ1) is 9.06. The maximum atomic E-state index is 11.5. The van der Waals surface area contributed by atoms with Crippen molar-refractivity contribution in [3.8, 4) is 5.75 Å². The van der Waals surface area contributed by atoms with Crippen LogP contribution in [0.25, 0.3) is 0 Å². The fraction of sp³-hybridized carbons (Fsp3) is 0.385. The van der Waals surface area contributed by atoms with Gasteiger partial charge in [-0.05, 0) is 18.2 Å². The Morgan fingerprint density at radius 1 is 1.26 bits per heavy atom. The Kier molecular flexibility index (Phi) is 6.15. The van der Waals surface area contributed by atoms with Crippen molar-refractivity contribution in [3.05, 3.63) is 29.3 Å². The molecule has 1 aromatic rings. The van der Waals surface area contributed by atoms with E-state index in [1.54, 1.807) is 24.3 Å². The molecule has 0 radical (unpaired) electrons. The van der Waals surface area contributed by atoms with E-state index in [0.717, 1.165) is 0 Å². The van der Waals surface area contributed by atoms with Gasteiger partial charge < -0.3 is 14.2 Å². The van der Waals surface area contributed by atoms with Gasteiger partial charge in [-0.15, -0.1) is 0 Å². The number of hydrogen-bond donors (Lipinski definition) is 0. The molecule has 1 atom stereocenters. The summed E-state index contributed by atoms with van der Waals surface area (Å²) in [6.07, 6.45) is -0.0935. The number of carbonyl (C=O) groups excluding carboxylic acids is 2. The standard InChI is InChI=1S/C13H15ClO5/c1-17-12(15)6-9(13(16)18-2)8-19-11-5-3-4-10(14)7-11/h3-5,7,9H,6,8H2,1-2H3/t9-/m0/s1. The lowest BCUT2D eigenvalue weighted by atomic mass is 10.1. The lowest BCUT2D eigenvalue weighted by Crippen LogP contribution is -2.26. The average Bonchev–Trinajstić information content (AvgIpc) is 2.42. The monoisotopic (exact) mass is 286 g/mol. The van der Waals surface area contributed by atoms with E-state index in [1.165, 1.54) is 14.2 Å². The Balaban J connectivity index is 2.62. The number of esters is 2. The first-order valence-corrected chi connectivity index (χ1v) is 5.97. The van der Waals surface area contributed by atoms with E-state index in [1.807, 2.05) is 0 Å². The maximum absolute atomic E-state index is 11.5. The van der Waals surface area contributed by atoms with Crippen LogP contribution in [0.1, 0.15) is 6.42 Å². The molecule has 5 nitrogen and oxygen atoms in total. The van der Waals surface area contributed by atoms with Gasteiger partial charge in [0, 0.05) is 5.02 Å². The van der Waals surface area contributed by atoms with Crippen molar-refractivity contribution in [2.45, 2.75) is 6.42 Å². The zero-order valence-electron chi connectivity index (χ0n) is 10.7. The van der Waals surface area contributed by atoms with Crippen molar-refractivity contribution in [2.24, 2.45) is 5.92 Å². The van der Waals surface area contributed by atoms with Crippen LogP contribution in [0.5, 0.6) is 5.75 Å². The van der Waals surface area contributed by atoms with Gasteiger partial charge in [0.05, 0.1) is 20.6 Å². The summed E-state index contributed by atoms with van der Waals surface area (Å²) < 4.78 is 14.6. The predicted molar refractivity (Wildman–Crippen MR) is 69.1 cm³/mol. The number of methoxy groups -OCH3 is 2. The normalized spacial score (nSPS) is 11.5. The molecule has 1 rings (SSSR count). The summed E-state index contributed by atoms with van der Waals surface area (Å²) in [5.74, 6) is -1.21. The van der Waals surface area contributed by atoms with Gasteiger partial charge in [0.2, 0.25) is 0 Å². The minimum Gasteiger partial charge on any atom is -0.493 e. The highest BCUT2D eigenvalue weighted by Gasteiger charge is 2.24. The van der Waals surface area contributed by atoms with Crippen LogP contribution in [0, 0.1) is 5.92 Å². The van der Waals surface area contributed by atoms with E-state index in [0.29, 0.717) is 10.8 Å². The van der Waals surface area contributed by atoms with Crippen LogP contribution >= 0.6 is 11.6 Å². The molecule has 0 unspecified atom stereocenters. The second-order valence-corrected chi connectivity index (χ2v) is 4.21. The van der Waals surface area contributed by atoms with Crippen molar-refractivity contribution in [1.29, 1.82) is 0 Å².